The zero-order chi connectivity index (χ0) is 10.7. The van der Waals surface area contributed by atoms with Crippen molar-refractivity contribution in [2.45, 2.75) is 0 Å². The van der Waals surface area contributed by atoms with Crippen molar-refractivity contribution in [1.82, 2.24) is 14.5 Å². The number of nitrogens with zero attached hydrogens (tertiary/aromatic N) is 3. The van der Waals surface area contributed by atoms with Crippen molar-refractivity contribution in [2.75, 3.05) is 7.11 Å². The van der Waals surface area contributed by atoms with E-state index >= 15 is 0 Å². The van der Waals surface area contributed by atoms with Gasteiger partial charge in [0, 0.05) is 24.7 Å². The topological polar surface area (TPSA) is 57.0 Å². The number of ether oxygens (including phenoxy) is 1. The minimum absolute atomic E-state index is 0.164. The maximum absolute atomic E-state index is 11.7. The van der Waals surface area contributed by atoms with Crippen molar-refractivity contribution < 1.29 is 9.53 Å². The second-order valence-corrected chi connectivity index (χ2v) is 2.86. The minimum Gasteiger partial charge on any atom is -0.481 e. The van der Waals surface area contributed by atoms with Gasteiger partial charge in [-0.3, -0.25) is 9.36 Å². The normalized spacial score (nSPS) is 9.93. The Morgan fingerprint density at radius 3 is 2.87 bits per heavy atom. The molecule has 2 aromatic heterocycles. The summed E-state index contributed by atoms with van der Waals surface area (Å²) >= 11 is 0. The van der Waals surface area contributed by atoms with Crippen LogP contribution in [0.1, 0.15) is 10.4 Å². The molecule has 0 spiro atoms. The van der Waals surface area contributed by atoms with E-state index < -0.39 is 0 Å². The number of rotatable bonds is 2. The molecule has 0 saturated carbocycles. The van der Waals surface area contributed by atoms with Crippen LogP contribution in [-0.4, -0.2) is 27.6 Å². The molecule has 0 amide bonds. The highest BCUT2D eigenvalue weighted by Crippen LogP contribution is 2.07. The van der Waals surface area contributed by atoms with Crippen molar-refractivity contribution in [2.24, 2.45) is 0 Å². The molecule has 0 fully saturated rings. The Balaban J connectivity index is 2.27. The summed E-state index contributed by atoms with van der Waals surface area (Å²) in [7, 11) is 1.53. The molecular weight excluding hydrogens is 194 g/mol. The van der Waals surface area contributed by atoms with E-state index in [-0.39, 0.29) is 5.91 Å². The lowest BCUT2D eigenvalue weighted by Crippen LogP contribution is -2.09. The van der Waals surface area contributed by atoms with Crippen LogP contribution in [0.2, 0.25) is 0 Å². The van der Waals surface area contributed by atoms with E-state index in [1.165, 1.54) is 24.2 Å². The van der Waals surface area contributed by atoms with E-state index in [0.29, 0.717) is 11.4 Å². The van der Waals surface area contributed by atoms with Crippen LogP contribution in [0.4, 0.5) is 0 Å². The quantitative estimate of drug-likeness (QED) is 0.729. The summed E-state index contributed by atoms with van der Waals surface area (Å²) in [4.78, 5) is 19.5. The number of aromatic nitrogens is 3. The van der Waals surface area contributed by atoms with Gasteiger partial charge in [0.05, 0.1) is 12.7 Å². The fraction of sp³-hybridized carbons (Fsp3) is 0.100. The van der Waals surface area contributed by atoms with Gasteiger partial charge in [0.15, 0.2) is 0 Å². The molecule has 5 heteroatoms. The number of carbonyl (C=O) groups excluding carboxylic acids is 1. The molecule has 2 aromatic rings. The summed E-state index contributed by atoms with van der Waals surface area (Å²) in [6, 6.07) is 3.30. The summed E-state index contributed by atoms with van der Waals surface area (Å²) in [6.45, 7) is 0. The van der Waals surface area contributed by atoms with Crippen molar-refractivity contribution in [1.29, 1.82) is 0 Å². The molecule has 76 valence electrons. The fourth-order valence-electron chi connectivity index (χ4n) is 1.16. The van der Waals surface area contributed by atoms with Gasteiger partial charge in [-0.2, -0.15) is 0 Å². The van der Waals surface area contributed by atoms with Gasteiger partial charge in [-0.25, -0.2) is 9.97 Å². The molecule has 0 aliphatic rings. The SMILES string of the molecule is COc1ccc(C(=O)n2ccnc2)cn1. The lowest BCUT2D eigenvalue weighted by molar-refractivity contribution is 0.0959. The molecular formula is C10H9N3O2. The van der Waals surface area contributed by atoms with Crippen molar-refractivity contribution in [3.8, 4) is 5.88 Å². The standard InChI is InChI=1S/C10H9N3O2/c1-15-9-3-2-8(6-12-9)10(14)13-5-4-11-7-13/h2-7H,1H3. The van der Waals surface area contributed by atoms with Crippen LogP contribution >= 0.6 is 0 Å². The van der Waals surface area contributed by atoms with Crippen molar-refractivity contribution in [3.63, 3.8) is 0 Å². The first-order valence-electron chi connectivity index (χ1n) is 4.34. The van der Waals surface area contributed by atoms with Crippen LogP contribution in [0, 0.1) is 0 Å². The third-order valence-electron chi connectivity index (χ3n) is 1.93. The first kappa shape index (κ1) is 9.39. The number of hydrogen-bond acceptors (Lipinski definition) is 4. The van der Waals surface area contributed by atoms with Crippen LogP contribution in [0.25, 0.3) is 0 Å². The number of carbonyl (C=O) groups is 1. The molecule has 0 radical (unpaired) electrons. The van der Waals surface area contributed by atoms with Gasteiger partial charge in [0.1, 0.15) is 6.33 Å². The first-order chi connectivity index (χ1) is 7.31. The Kier molecular flexibility index (Phi) is 2.45. The molecule has 0 bridgehead atoms. The zero-order valence-corrected chi connectivity index (χ0v) is 8.12. The number of methoxy groups -OCH3 is 1. The molecule has 5 nitrogen and oxygen atoms in total. The van der Waals surface area contributed by atoms with Gasteiger partial charge in [0.2, 0.25) is 5.88 Å². The van der Waals surface area contributed by atoms with Crippen LogP contribution in [0.5, 0.6) is 5.88 Å². The Morgan fingerprint density at radius 2 is 2.33 bits per heavy atom. The van der Waals surface area contributed by atoms with Gasteiger partial charge < -0.3 is 4.74 Å². The summed E-state index contributed by atoms with van der Waals surface area (Å²) in [5.74, 6) is 0.319. The van der Waals surface area contributed by atoms with Crippen LogP contribution in [0.15, 0.2) is 37.1 Å². The van der Waals surface area contributed by atoms with E-state index in [1.807, 2.05) is 0 Å². The van der Waals surface area contributed by atoms with E-state index in [4.69, 9.17) is 4.74 Å². The Morgan fingerprint density at radius 1 is 1.47 bits per heavy atom. The average Bonchev–Trinajstić information content (AvgIpc) is 2.82. The molecule has 2 heterocycles. The molecule has 0 aromatic carbocycles. The molecule has 15 heavy (non-hydrogen) atoms. The summed E-state index contributed by atoms with van der Waals surface area (Å²) in [5, 5.41) is 0. The summed E-state index contributed by atoms with van der Waals surface area (Å²) < 4.78 is 6.29. The highest BCUT2D eigenvalue weighted by Gasteiger charge is 2.07. The van der Waals surface area contributed by atoms with E-state index in [2.05, 4.69) is 9.97 Å². The largest absolute Gasteiger partial charge is 0.481 e. The molecule has 0 saturated heterocycles. The number of hydrogen-bond donors (Lipinski definition) is 0. The van der Waals surface area contributed by atoms with Crippen molar-refractivity contribution >= 4 is 5.91 Å². The maximum atomic E-state index is 11.7. The molecule has 2 rings (SSSR count). The van der Waals surface area contributed by atoms with Crippen molar-refractivity contribution in [3.05, 3.63) is 42.6 Å². The van der Waals surface area contributed by atoms with Gasteiger partial charge in [0.25, 0.3) is 5.91 Å². The highest BCUT2D eigenvalue weighted by atomic mass is 16.5. The minimum atomic E-state index is -0.164. The lowest BCUT2D eigenvalue weighted by atomic mass is 10.2. The predicted molar refractivity (Wildman–Crippen MR) is 52.7 cm³/mol. The number of imidazole rings is 1. The van der Waals surface area contributed by atoms with Crippen LogP contribution in [0.3, 0.4) is 0 Å². The Labute approximate surface area is 86.4 Å². The molecule has 0 N–H and O–H groups in total. The monoisotopic (exact) mass is 203 g/mol. The molecule has 0 aliphatic heterocycles. The van der Waals surface area contributed by atoms with Crippen LogP contribution in [-0.2, 0) is 0 Å². The van der Waals surface area contributed by atoms with E-state index in [1.54, 1.807) is 24.5 Å². The van der Waals surface area contributed by atoms with Gasteiger partial charge in [-0.15, -0.1) is 0 Å². The second-order valence-electron chi connectivity index (χ2n) is 2.86. The van der Waals surface area contributed by atoms with Gasteiger partial charge in [-0.05, 0) is 6.07 Å². The summed E-state index contributed by atoms with van der Waals surface area (Å²) in [6.07, 6.45) is 6.06. The fourth-order valence-corrected chi connectivity index (χ4v) is 1.16. The zero-order valence-electron chi connectivity index (χ0n) is 8.12. The third kappa shape index (κ3) is 1.85. The van der Waals surface area contributed by atoms with E-state index in [0.717, 1.165) is 0 Å². The molecule has 0 atom stereocenters. The second kappa shape index (κ2) is 3.91. The maximum Gasteiger partial charge on any atom is 0.264 e. The Hall–Kier alpha value is -2.17. The molecule has 0 aliphatic carbocycles. The first-order valence-corrected chi connectivity index (χ1v) is 4.34. The van der Waals surface area contributed by atoms with Gasteiger partial charge >= 0.3 is 0 Å². The summed E-state index contributed by atoms with van der Waals surface area (Å²) in [5.41, 5.74) is 0.494. The average molecular weight is 203 g/mol. The molecule has 0 unspecified atom stereocenters. The highest BCUT2D eigenvalue weighted by molar-refractivity contribution is 5.95. The number of pyridine rings is 1. The van der Waals surface area contributed by atoms with E-state index in [9.17, 15) is 4.79 Å². The third-order valence-corrected chi connectivity index (χ3v) is 1.93. The lowest BCUT2D eigenvalue weighted by Gasteiger charge is -2.01. The predicted octanol–water partition coefficient (Wildman–Crippen LogP) is 0.975. The Bertz CT molecular complexity index is 448. The smallest absolute Gasteiger partial charge is 0.264 e. The van der Waals surface area contributed by atoms with Crippen LogP contribution < -0.4 is 4.74 Å². The van der Waals surface area contributed by atoms with Gasteiger partial charge in [-0.1, -0.05) is 0 Å².